The molecule has 104 valence electrons. The highest BCUT2D eigenvalue weighted by Gasteiger charge is 2.42. The van der Waals surface area contributed by atoms with Crippen molar-refractivity contribution < 1.29 is 8.78 Å². The third-order valence-corrected chi connectivity index (χ3v) is 4.56. The average Bonchev–Trinajstić information content (AvgIpc) is 3.26. The molecule has 0 amide bonds. The third-order valence-electron chi connectivity index (χ3n) is 4.56. The quantitative estimate of drug-likeness (QED) is 0.827. The lowest BCUT2D eigenvalue weighted by Gasteiger charge is -2.30. The molecule has 2 aliphatic rings. The van der Waals surface area contributed by atoms with Crippen LogP contribution in [-0.2, 0) is 6.42 Å². The van der Waals surface area contributed by atoms with Crippen molar-refractivity contribution in [1.29, 1.82) is 0 Å². The summed E-state index contributed by atoms with van der Waals surface area (Å²) < 4.78 is 27.1. The van der Waals surface area contributed by atoms with Gasteiger partial charge in [-0.05, 0) is 55.1 Å². The van der Waals surface area contributed by atoms with Gasteiger partial charge >= 0.3 is 0 Å². The molecule has 0 saturated heterocycles. The second kappa shape index (κ2) is 4.86. The Kier molecular flexibility index (Phi) is 3.34. The molecular weight excluding hydrogens is 244 g/mol. The Morgan fingerprint density at radius 1 is 1.21 bits per heavy atom. The van der Waals surface area contributed by atoms with Crippen LogP contribution in [0.5, 0.6) is 0 Å². The summed E-state index contributed by atoms with van der Waals surface area (Å²) in [5, 5.41) is 3.56. The van der Waals surface area contributed by atoms with Gasteiger partial charge in [0.25, 0.3) is 0 Å². The smallest absolute Gasteiger partial charge is 0.162 e. The van der Waals surface area contributed by atoms with Gasteiger partial charge in [0.2, 0.25) is 0 Å². The zero-order valence-electron chi connectivity index (χ0n) is 11.4. The van der Waals surface area contributed by atoms with E-state index in [9.17, 15) is 8.78 Å². The number of halogens is 2. The largest absolute Gasteiger partial charge is 0.313 e. The topological polar surface area (TPSA) is 12.0 Å². The van der Waals surface area contributed by atoms with E-state index in [2.05, 4.69) is 12.2 Å². The van der Waals surface area contributed by atoms with E-state index in [0.717, 1.165) is 6.54 Å². The molecule has 0 aromatic heterocycles. The monoisotopic (exact) mass is 265 g/mol. The zero-order valence-corrected chi connectivity index (χ0v) is 11.4. The van der Waals surface area contributed by atoms with Crippen LogP contribution in [0, 0.1) is 23.0 Å². The van der Waals surface area contributed by atoms with Crippen LogP contribution >= 0.6 is 0 Å². The Labute approximate surface area is 113 Å². The van der Waals surface area contributed by atoms with Crippen molar-refractivity contribution >= 4 is 0 Å². The highest BCUT2D eigenvalue weighted by molar-refractivity contribution is 5.21. The SMILES string of the molecule is CC(CNC1CC1)(Cc1cccc(F)c1F)C1CC1. The van der Waals surface area contributed by atoms with Crippen LogP contribution in [0.3, 0.4) is 0 Å². The van der Waals surface area contributed by atoms with E-state index in [-0.39, 0.29) is 5.41 Å². The van der Waals surface area contributed by atoms with E-state index in [1.54, 1.807) is 12.1 Å². The molecule has 2 fully saturated rings. The van der Waals surface area contributed by atoms with Gasteiger partial charge in [-0.1, -0.05) is 19.1 Å². The lowest BCUT2D eigenvalue weighted by molar-refractivity contribution is 0.251. The number of benzene rings is 1. The number of hydrogen-bond acceptors (Lipinski definition) is 1. The molecule has 1 N–H and O–H groups in total. The lowest BCUT2D eigenvalue weighted by Crippen LogP contribution is -2.37. The Morgan fingerprint density at radius 3 is 2.58 bits per heavy atom. The Morgan fingerprint density at radius 2 is 1.95 bits per heavy atom. The van der Waals surface area contributed by atoms with Crippen molar-refractivity contribution in [3.05, 3.63) is 35.4 Å². The van der Waals surface area contributed by atoms with E-state index in [0.29, 0.717) is 23.9 Å². The maximum Gasteiger partial charge on any atom is 0.162 e. The van der Waals surface area contributed by atoms with E-state index in [1.165, 1.54) is 31.7 Å². The molecule has 0 aliphatic heterocycles. The van der Waals surface area contributed by atoms with Gasteiger partial charge in [-0.3, -0.25) is 0 Å². The Bertz CT molecular complexity index is 466. The highest BCUT2D eigenvalue weighted by Crippen LogP contribution is 2.47. The van der Waals surface area contributed by atoms with E-state index in [4.69, 9.17) is 0 Å². The molecule has 0 heterocycles. The summed E-state index contributed by atoms with van der Waals surface area (Å²) in [5.74, 6) is -0.743. The Hall–Kier alpha value is -0.960. The van der Waals surface area contributed by atoms with E-state index in [1.807, 2.05) is 0 Å². The van der Waals surface area contributed by atoms with Gasteiger partial charge in [0.05, 0.1) is 0 Å². The van der Waals surface area contributed by atoms with Crippen LogP contribution in [0.4, 0.5) is 8.78 Å². The third kappa shape index (κ3) is 2.97. The fraction of sp³-hybridized carbons (Fsp3) is 0.625. The molecule has 0 radical (unpaired) electrons. The minimum absolute atomic E-state index is 0.0528. The molecule has 0 bridgehead atoms. The van der Waals surface area contributed by atoms with Crippen LogP contribution in [0.1, 0.15) is 38.2 Å². The lowest BCUT2D eigenvalue weighted by atomic mass is 9.78. The minimum atomic E-state index is -0.731. The second-order valence-electron chi connectivity index (χ2n) is 6.47. The molecule has 1 aromatic carbocycles. The summed E-state index contributed by atoms with van der Waals surface area (Å²) in [6.07, 6.45) is 5.59. The van der Waals surface area contributed by atoms with Crippen molar-refractivity contribution in [2.75, 3.05) is 6.54 Å². The summed E-state index contributed by atoms with van der Waals surface area (Å²) >= 11 is 0. The van der Waals surface area contributed by atoms with Gasteiger partial charge in [-0.25, -0.2) is 8.78 Å². The zero-order chi connectivity index (χ0) is 13.5. The summed E-state index contributed by atoms with van der Waals surface area (Å²) in [7, 11) is 0. The fourth-order valence-electron chi connectivity index (χ4n) is 2.92. The predicted molar refractivity (Wildman–Crippen MR) is 71.9 cm³/mol. The number of hydrogen-bond donors (Lipinski definition) is 1. The molecule has 3 rings (SSSR count). The second-order valence-corrected chi connectivity index (χ2v) is 6.47. The first-order valence-corrected chi connectivity index (χ1v) is 7.25. The molecule has 1 unspecified atom stereocenters. The maximum absolute atomic E-state index is 13.8. The van der Waals surface area contributed by atoms with Crippen LogP contribution in [0.25, 0.3) is 0 Å². The van der Waals surface area contributed by atoms with Crippen molar-refractivity contribution in [3.63, 3.8) is 0 Å². The van der Waals surface area contributed by atoms with E-state index >= 15 is 0 Å². The van der Waals surface area contributed by atoms with Gasteiger partial charge in [0.15, 0.2) is 11.6 Å². The summed E-state index contributed by atoms with van der Waals surface area (Å²) in [5.41, 5.74) is 0.573. The molecule has 2 aliphatic carbocycles. The molecule has 1 atom stereocenters. The van der Waals surface area contributed by atoms with E-state index < -0.39 is 11.6 Å². The minimum Gasteiger partial charge on any atom is -0.313 e. The highest BCUT2D eigenvalue weighted by atomic mass is 19.2. The molecule has 1 aromatic rings. The molecule has 1 nitrogen and oxygen atoms in total. The number of rotatable bonds is 6. The van der Waals surface area contributed by atoms with Crippen molar-refractivity contribution in [1.82, 2.24) is 5.32 Å². The number of nitrogens with one attached hydrogen (secondary N) is 1. The van der Waals surface area contributed by atoms with Crippen LogP contribution < -0.4 is 5.32 Å². The first-order chi connectivity index (χ1) is 9.08. The standard InChI is InChI=1S/C16H21F2N/c1-16(12-5-6-12,10-19-13-7-8-13)9-11-3-2-4-14(17)15(11)18/h2-4,12-13,19H,5-10H2,1H3. The first-order valence-electron chi connectivity index (χ1n) is 7.25. The van der Waals surface area contributed by atoms with Gasteiger partial charge in [-0.2, -0.15) is 0 Å². The maximum atomic E-state index is 13.8. The fourth-order valence-corrected chi connectivity index (χ4v) is 2.92. The Balaban J connectivity index is 1.74. The molecular formula is C16H21F2N. The molecule has 3 heteroatoms. The summed E-state index contributed by atoms with van der Waals surface area (Å²) in [4.78, 5) is 0. The van der Waals surface area contributed by atoms with Crippen molar-refractivity contribution in [3.8, 4) is 0 Å². The van der Waals surface area contributed by atoms with Crippen LogP contribution in [0.2, 0.25) is 0 Å². The van der Waals surface area contributed by atoms with Crippen molar-refractivity contribution in [2.24, 2.45) is 11.3 Å². The van der Waals surface area contributed by atoms with Crippen molar-refractivity contribution in [2.45, 2.75) is 45.1 Å². The normalized spacial score (nSPS) is 22.3. The molecule has 19 heavy (non-hydrogen) atoms. The predicted octanol–water partition coefficient (Wildman–Crippen LogP) is 3.68. The molecule has 2 saturated carbocycles. The van der Waals surface area contributed by atoms with Gasteiger partial charge in [0.1, 0.15) is 0 Å². The summed E-state index contributed by atoms with van der Waals surface area (Å²) in [6.45, 7) is 3.13. The van der Waals surface area contributed by atoms with Gasteiger partial charge in [0, 0.05) is 12.6 Å². The van der Waals surface area contributed by atoms with Crippen LogP contribution in [-0.4, -0.2) is 12.6 Å². The molecule has 0 spiro atoms. The van der Waals surface area contributed by atoms with Crippen LogP contribution in [0.15, 0.2) is 18.2 Å². The average molecular weight is 265 g/mol. The first kappa shape index (κ1) is 13.0. The van der Waals surface area contributed by atoms with Gasteiger partial charge < -0.3 is 5.32 Å². The van der Waals surface area contributed by atoms with Gasteiger partial charge in [-0.15, -0.1) is 0 Å². The summed E-state index contributed by atoms with van der Waals surface area (Å²) in [6, 6.07) is 5.18.